The molecule has 0 amide bonds. The van der Waals surface area contributed by atoms with Gasteiger partial charge in [-0.1, -0.05) is 20.8 Å². The van der Waals surface area contributed by atoms with Crippen molar-refractivity contribution in [3.63, 3.8) is 0 Å². The van der Waals surface area contributed by atoms with Gasteiger partial charge in [0, 0.05) is 19.0 Å². The van der Waals surface area contributed by atoms with Crippen LogP contribution < -0.4 is 5.73 Å². The summed E-state index contributed by atoms with van der Waals surface area (Å²) in [7, 11) is 3.18. The van der Waals surface area contributed by atoms with Crippen molar-refractivity contribution in [2.24, 2.45) is 12.8 Å². The van der Waals surface area contributed by atoms with E-state index in [9.17, 15) is 4.79 Å². The Hall–Kier alpha value is -1.36. The van der Waals surface area contributed by atoms with Gasteiger partial charge in [-0.05, 0) is 6.07 Å². The third-order valence-electron chi connectivity index (χ3n) is 2.76. The zero-order chi connectivity index (χ0) is 13.2. The number of rotatable bonds is 3. The summed E-state index contributed by atoms with van der Waals surface area (Å²) in [4.78, 5) is 11.6. The molecule has 1 atom stereocenters. The van der Waals surface area contributed by atoms with E-state index >= 15 is 0 Å². The molecule has 17 heavy (non-hydrogen) atoms. The van der Waals surface area contributed by atoms with E-state index in [1.807, 2.05) is 13.1 Å². The van der Waals surface area contributed by atoms with E-state index in [2.05, 4.69) is 25.9 Å². The van der Waals surface area contributed by atoms with Crippen molar-refractivity contribution in [1.29, 1.82) is 0 Å². The third-order valence-corrected chi connectivity index (χ3v) is 2.76. The molecule has 0 bridgehead atoms. The number of ether oxygens (including phenoxy) is 1. The molecule has 5 nitrogen and oxygen atoms in total. The molecule has 1 rings (SSSR count). The molecule has 0 aliphatic carbocycles. The van der Waals surface area contributed by atoms with Crippen LogP contribution in [0, 0.1) is 0 Å². The quantitative estimate of drug-likeness (QED) is 0.797. The molecular formula is C12H21N3O2. The predicted molar refractivity (Wildman–Crippen MR) is 65.7 cm³/mol. The number of nitrogens with zero attached hydrogens (tertiary/aromatic N) is 2. The summed E-state index contributed by atoms with van der Waals surface area (Å²) < 4.78 is 6.45. The molecule has 1 unspecified atom stereocenters. The molecule has 0 radical (unpaired) electrons. The highest BCUT2D eigenvalue weighted by Crippen LogP contribution is 2.25. The first-order valence-electron chi connectivity index (χ1n) is 5.63. The van der Waals surface area contributed by atoms with Gasteiger partial charge >= 0.3 is 5.97 Å². The van der Waals surface area contributed by atoms with Gasteiger partial charge in [0.2, 0.25) is 0 Å². The average molecular weight is 239 g/mol. The second-order valence-electron chi connectivity index (χ2n) is 5.14. The highest BCUT2D eigenvalue weighted by Gasteiger charge is 2.26. The highest BCUT2D eigenvalue weighted by molar-refractivity contribution is 5.77. The van der Waals surface area contributed by atoms with E-state index in [-0.39, 0.29) is 17.9 Å². The van der Waals surface area contributed by atoms with Gasteiger partial charge in [-0.3, -0.25) is 9.48 Å². The van der Waals surface area contributed by atoms with Crippen LogP contribution in [-0.4, -0.2) is 29.4 Å². The summed E-state index contributed by atoms with van der Waals surface area (Å²) in [5.41, 5.74) is 7.31. The fourth-order valence-electron chi connectivity index (χ4n) is 1.65. The lowest BCUT2D eigenvalue weighted by atomic mass is 9.91. The van der Waals surface area contributed by atoms with Crippen LogP contribution in [-0.2, 0) is 22.0 Å². The third kappa shape index (κ3) is 2.85. The number of carbonyl (C=O) groups is 1. The molecule has 1 aromatic rings. The first-order valence-corrected chi connectivity index (χ1v) is 5.63. The molecule has 96 valence electrons. The van der Waals surface area contributed by atoms with E-state index in [4.69, 9.17) is 10.5 Å². The van der Waals surface area contributed by atoms with Crippen LogP contribution in [0.25, 0.3) is 0 Å². The number of esters is 1. The number of nitrogens with two attached hydrogens (primary N) is 1. The van der Waals surface area contributed by atoms with Gasteiger partial charge in [-0.25, -0.2) is 0 Å². The molecule has 0 saturated heterocycles. The zero-order valence-corrected chi connectivity index (χ0v) is 11.2. The van der Waals surface area contributed by atoms with Crippen molar-refractivity contribution in [2.45, 2.75) is 32.1 Å². The first kappa shape index (κ1) is 13.7. The Labute approximate surface area is 102 Å². The van der Waals surface area contributed by atoms with Crippen molar-refractivity contribution in [3.05, 3.63) is 17.5 Å². The van der Waals surface area contributed by atoms with Gasteiger partial charge in [0.25, 0.3) is 0 Å². The maximum absolute atomic E-state index is 11.6. The van der Waals surface area contributed by atoms with E-state index in [0.29, 0.717) is 0 Å². The van der Waals surface area contributed by atoms with Gasteiger partial charge in [0.05, 0.1) is 18.5 Å². The monoisotopic (exact) mass is 239 g/mol. The lowest BCUT2D eigenvalue weighted by molar-refractivity contribution is -0.142. The smallest absolute Gasteiger partial charge is 0.316 e. The molecule has 1 heterocycles. The Morgan fingerprint density at radius 2 is 2.18 bits per heavy atom. The molecule has 0 fully saturated rings. The summed E-state index contributed by atoms with van der Waals surface area (Å²) in [6.07, 6.45) is 0. The maximum atomic E-state index is 11.6. The van der Waals surface area contributed by atoms with Gasteiger partial charge < -0.3 is 10.5 Å². The fraction of sp³-hybridized carbons (Fsp3) is 0.667. The zero-order valence-electron chi connectivity index (χ0n) is 11.2. The fourth-order valence-corrected chi connectivity index (χ4v) is 1.65. The maximum Gasteiger partial charge on any atom is 0.316 e. The van der Waals surface area contributed by atoms with Crippen molar-refractivity contribution in [3.8, 4) is 0 Å². The van der Waals surface area contributed by atoms with Crippen LogP contribution in [0.4, 0.5) is 0 Å². The van der Waals surface area contributed by atoms with Crippen molar-refractivity contribution < 1.29 is 9.53 Å². The number of hydrogen-bond donors (Lipinski definition) is 1. The number of aryl methyl sites for hydroxylation is 1. The largest absolute Gasteiger partial charge is 0.468 e. The molecule has 0 aliphatic heterocycles. The summed E-state index contributed by atoms with van der Waals surface area (Å²) >= 11 is 0. The second kappa shape index (κ2) is 4.87. The lowest BCUT2D eigenvalue weighted by Gasteiger charge is -2.14. The van der Waals surface area contributed by atoms with Crippen LogP contribution in [0.15, 0.2) is 6.07 Å². The highest BCUT2D eigenvalue weighted by atomic mass is 16.5. The van der Waals surface area contributed by atoms with Crippen molar-refractivity contribution in [2.75, 3.05) is 13.7 Å². The summed E-state index contributed by atoms with van der Waals surface area (Å²) in [5.74, 6) is -0.774. The standard InChI is InChI=1S/C12H21N3O2/c1-12(2,3)10-6-9(15(4)14-10)8(7-13)11(16)17-5/h6,8H,7,13H2,1-5H3. The van der Waals surface area contributed by atoms with Crippen LogP contribution in [0.3, 0.4) is 0 Å². The Morgan fingerprint density at radius 1 is 1.59 bits per heavy atom. The topological polar surface area (TPSA) is 70.1 Å². The van der Waals surface area contributed by atoms with Crippen LogP contribution in [0.1, 0.15) is 38.1 Å². The van der Waals surface area contributed by atoms with Crippen molar-refractivity contribution in [1.82, 2.24) is 9.78 Å². The number of aromatic nitrogens is 2. The average Bonchev–Trinajstić information content (AvgIpc) is 2.61. The SMILES string of the molecule is COC(=O)C(CN)c1cc(C(C)(C)C)nn1C. The molecule has 0 aromatic carbocycles. The molecular weight excluding hydrogens is 218 g/mol. The minimum atomic E-state index is -0.450. The molecule has 1 aromatic heterocycles. The van der Waals surface area contributed by atoms with Gasteiger partial charge in [-0.15, -0.1) is 0 Å². The lowest BCUT2D eigenvalue weighted by Crippen LogP contribution is -2.24. The van der Waals surface area contributed by atoms with E-state index in [1.165, 1.54) is 7.11 Å². The van der Waals surface area contributed by atoms with Gasteiger partial charge in [-0.2, -0.15) is 5.10 Å². The summed E-state index contributed by atoms with van der Waals surface area (Å²) in [5, 5.41) is 4.42. The summed E-state index contributed by atoms with van der Waals surface area (Å²) in [6, 6.07) is 1.93. The molecule has 5 heteroatoms. The van der Waals surface area contributed by atoms with Gasteiger partial charge in [0.1, 0.15) is 5.92 Å². The predicted octanol–water partition coefficient (Wildman–Crippen LogP) is 0.933. The van der Waals surface area contributed by atoms with E-state index < -0.39 is 5.92 Å². The van der Waals surface area contributed by atoms with Crippen LogP contribution >= 0.6 is 0 Å². The number of methoxy groups -OCH3 is 1. The van der Waals surface area contributed by atoms with E-state index in [0.717, 1.165) is 11.4 Å². The van der Waals surface area contributed by atoms with Crippen LogP contribution in [0.5, 0.6) is 0 Å². The second-order valence-corrected chi connectivity index (χ2v) is 5.14. The van der Waals surface area contributed by atoms with Crippen molar-refractivity contribution >= 4 is 5.97 Å². The number of hydrogen-bond acceptors (Lipinski definition) is 4. The Kier molecular flexibility index (Phi) is 3.93. The van der Waals surface area contributed by atoms with Gasteiger partial charge in [0.15, 0.2) is 0 Å². The molecule has 0 aliphatic rings. The Balaban J connectivity index is 3.13. The summed E-state index contributed by atoms with van der Waals surface area (Å²) in [6.45, 7) is 6.45. The van der Waals surface area contributed by atoms with E-state index in [1.54, 1.807) is 4.68 Å². The number of carbonyl (C=O) groups excluding carboxylic acids is 1. The first-order chi connectivity index (χ1) is 7.81. The van der Waals surface area contributed by atoms with Crippen LogP contribution in [0.2, 0.25) is 0 Å². The molecule has 2 N–H and O–H groups in total. The Morgan fingerprint density at radius 3 is 2.53 bits per heavy atom. The minimum Gasteiger partial charge on any atom is -0.468 e. The Bertz CT molecular complexity index is 404. The molecule has 0 spiro atoms. The normalized spacial score (nSPS) is 13.5. The molecule has 0 saturated carbocycles. The minimum absolute atomic E-state index is 0.0503.